The first-order valence-corrected chi connectivity index (χ1v) is 11.0. The summed E-state index contributed by atoms with van der Waals surface area (Å²) in [6, 6.07) is 1.74. The van der Waals surface area contributed by atoms with Crippen LogP contribution in [0.25, 0.3) is 0 Å². The van der Waals surface area contributed by atoms with E-state index in [1.165, 1.54) is 15.6 Å². The van der Waals surface area contributed by atoms with Crippen LogP contribution < -0.4 is 5.73 Å². The van der Waals surface area contributed by atoms with Crippen LogP contribution in [0.1, 0.15) is 36.4 Å². The molecule has 1 saturated heterocycles. The van der Waals surface area contributed by atoms with Crippen molar-refractivity contribution >= 4 is 27.3 Å². The minimum Gasteiger partial charge on any atom is -0.340 e. The fourth-order valence-electron chi connectivity index (χ4n) is 3.40. The zero-order chi connectivity index (χ0) is 18.8. The van der Waals surface area contributed by atoms with Gasteiger partial charge in [-0.25, -0.2) is 8.42 Å². The highest BCUT2D eigenvalue weighted by Crippen LogP contribution is 2.30. The zero-order valence-corrected chi connectivity index (χ0v) is 17.2. The van der Waals surface area contributed by atoms with Gasteiger partial charge >= 0.3 is 0 Å². The summed E-state index contributed by atoms with van der Waals surface area (Å²) in [7, 11) is -3.49. The molecule has 0 saturated carbocycles. The van der Waals surface area contributed by atoms with Crippen LogP contribution in [0.15, 0.2) is 11.0 Å². The van der Waals surface area contributed by atoms with E-state index in [-0.39, 0.29) is 5.91 Å². The number of carbonyl (C=O) groups excluding carboxylic acids is 1. The third-order valence-electron chi connectivity index (χ3n) is 5.34. The molecule has 0 atom stereocenters. The second-order valence-corrected chi connectivity index (χ2v) is 10.0. The van der Waals surface area contributed by atoms with E-state index in [1.807, 2.05) is 27.7 Å². The van der Waals surface area contributed by atoms with Gasteiger partial charge in [0.25, 0.3) is 0 Å². The highest BCUT2D eigenvalue weighted by molar-refractivity contribution is 7.89. The Bertz CT molecular complexity index is 707. The molecule has 0 spiro atoms. The first-order valence-electron chi connectivity index (χ1n) is 8.78. The minimum absolute atomic E-state index is 0.0552. The van der Waals surface area contributed by atoms with Gasteiger partial charge in [0.15, 0.2) is 0 Å². The van der Waals surface area contributed by atoms with Gasteiger partial charge < -0.3 is 10.6 Å². The maximum atomic E-state index is 12.9. The number of nitrogens with zero attached hydrogens (tertiary/aromatic N) is 2. The molecule has 1 aromatic rings. The summed E-state index contributed by atoms with van der Waals surface area (Å²) in [5, 5.41) is 0. The molecular formula is C17H29N3O3S2. The number of sulfonamides is 1. The summed E-state index contributed by atoms with van der Waals surface area (Å²) >= 11 is 1.49. The van der Waals surface area contributed by atoms with Crippen molar-refractivity contribution in [3.8, 4) is 0 Å². The molecule has 8 heteroatoms. The summed E-state index contributed by atoms with van der Waals surface area (Å²) in [5.41, 5.74) is 5.35. The van der Waals surface area contributed by atoms with Crippen LogP contribution in [0.3, 0.4) is 0 Å². The standard InChI is InChI=1S/C17H29N3O3S2/c1-5-17(6-2,12-18)16(21)19-7-9-20(10-8-19)25(22,23)15-11-13(3)24-14(15)4/h11H,5-10,12,18H2,1-4H3. The van der Waals surface area contributed by atoms with E-state index in [0.717, 1.165) is 9.75 Å². The van der Waals surface area contributed by atoms with E-state index in [0.29, 0.717) is 50.5 Å². The van der Waals surface area contributed by atoms with E-state index in [2.05, 4.69) is 0 Å². The van der Waals surface area contributed by atoms with Crippen LogP contribution in [0, 0.1) is 19.3 Å². The molecule has 25 heavy (non-hydrogen) atoms. The smallest absolute Gasteiger partial charge is 0.244 e. The Kier molecular flexibility index (Phi) is 6.30. The quantitative estimate of drug-likeness (QED) is 0.809. The fourth-order valence-corrected chi connectivity index (χ4v) is 6.34. The number of aryl methyl sites for hydroxylation is 2. The van der Waals surface area contributed by atoms with Crippen LogP contribution in [-0.2, 0) is 14.8 Å². The highest BCUT2D eigenvalue weighted by atomic mass is 32.2. The van der Waals surface area contributed by atoms with Gasteiger partial charge in [-0.3, -0.25) is 4.79 Å². The number of rotatable bonds is 6. The fraction of sp³-hybridized carbons (Fsp3) is 0.706. The number of thiophene rings is 1. The van der Waals surface area contributed by atoms with Crippen molar-refractivity contribution in [2.75, 3.05) is 32.7 Å². The van der Waals surface area contributed by atoms with Crippen molar-refractivity contribution < 1.29 is 13.2 Å². The average Bonchev–Trinajstić information content (AvgIpc) is 2.96. The topological polar surface area (TPSA) is 83.7 Å². The number of piperazine rings is 1. The van der Waals surface area contributed by atoms with Crippen molar-refractivity contribution in [2.45, 2.75) is 45.4 Å². The van der Waals surface area contributed by atoms with Crippen LogP contribution >= 0.6 is 11.3 Å². The van der Waals surface area contributed by atoms with Crippen LogP contribution in [0.4, 0.5) is 0 Å². The Morgan fingerprint density at radius 1 is 1.20 bits per heavy atom. The summed E-state index contributed by atoms with van der Waals surface area (Å²) in [5.74, 6) is 0.0552. The first-order chi connectivity index (χ1) is 11.7. The second-order valence-electron chi connectivity index (χ2n) is 6.67. The average molecular weight is 388 g/mol. The summed E-state index contributed by atoms with van der Waals surface area (Å²) < 4.78 is 27.2. The summed E-state index contributed by atoms with van der Waals surface area (Å²) in [4.78, 5) is 16.9. The zero-order valence-electron chi connectivity index (χ0n) is 15.5. The van der Waals surface area contributed by atoms with Crippen molar-refractivity contribution in [2.24, 2.45) is 11.1 Å². The lowest BCUT2D eigenvalue weighted by molar-refractivity contribution is -0.143. The largest absolute Gasteiger partial charge is 0.340 e. The van der Waals surface area contributed by atoms with E-state index < -0.39 is 15.4 Å². The van der Waals surface area contributed by atoms with Crippen molar-refractivity contribution in [1.29, 1.82) is 0 Å². The Balaban J connectivity index is 2.11. The number of hydrogen-bond donors (Lipinski definition) is 1. The van der Waals surface area contributed by atoms with Crippen molar-refractivity contribution in [3.63, 3.8) is 0 Å². The van der Waals surface area contributed by atoms with E-state index in [4.69, 9.17) is 5.73 Å². The van der Waals surface area contributed by atoms with Crippen molar-refractivity contribution in [3.05, 3.63) is 15.8 Å². The summed E-state index contributed by atoms with van der Waals surface area (Å²) in [6.07, 6.45) is 1.40. The summed E-state index contributed by atoms with van der Waals surface area (Å²) in [6.45, 7) is 9.53. The van der Waals surface area contributed by atoms with E-state index >= 15 is 0 Å². The van der Waals surface area contributed by atoms with Crippen LogP contribution in [0.2, 0.25) is 0 Å². The normalized spacial score (nSPS) is 17.1. The Morgan fingerprint density at radius 2 is 1.76 bits per heavy atom. The molecule has 2 N–H and O–H groups in total. The molecule has 1 fully saturated rings. The second kappa shape index (κ2) is 7.73. The molecule has 0 bridgehead atoms. The third-order valence-corrected chi connectivity index (χ3v) is 8.46. The molecule has 0 aromatic carbocycles. The number of hydrogen-bond acceptors (Lipinski definition) is 5. The number of nitrogens with two attached hydrogens (primary N) is 1. The Labute approximate surface area is 155 Å². The molecule has 0 aliphatic carbocycles. The maximum absolute atomic E-state index is 12.9. The van der Waals surface area contributed by atoms with Gasteiger partial charge in [-0.05, 0) is 32.8 Å². The van der Waals surface area contributed by atoms with Gasteiger partial charge in [-0.2, -0.15) is 4.31 Å². The monoisotopic (exact) mass is 387 g/mol. The SMILES string of the molecule is CCC(CC)(CN)C(=O)N1CCN(S(=O)(=O)c2cc(C)sc2C)CC1. The Morgan fingerprint density at radius 3 is 2.16 bits per heavy atom. The Hall–Kier alpha value is -0.960. The highest BCUT2D eigenvalue weighted by Gasteiger charge is 2.39. The van der Waals surface area contributed by atoms with Crippen LogP contribution in [-0.4, -0.2) is 56.3 Å². The van der Waals surface area contributed by atoms with Gasteiger partial charge in [0.05, 0.1) is 10.3 Å². The number of carbonyl (C=O) groups is 1. The molecule has 1 aliphatic heterocycles. The molecule has 0 unspecified atom stereocenters. The molecule has 2 rings (SSSR count). The molecule has 0 radical (unpaired) electrons. The predicted octanol–water partition coefficient (Wildman–Crippen LogP) is 1.96. The lowest BCUT2D eigenvalue weighted by Gasteiger charge is -2.39. The molecule has 1 aliphatic rings. The predicted molar refractivity (Wildman–Crippen MR) is 101 cm³/mol. The molecule has 6 nitrogen and oxygen atoms in total. The van der Waals surface area contributed by atoms with Gasteiger partial charge in [0, 0.05) is 42.5 Å². The third kappa shape index (κ3) is 3.77. The molecule has 1 amide bonds. The minimum atomic E-state index is -3.49. The van der Waals surface area contributed by atoms with Gasteiger partial charge in [-0.15, -0.1) is 11.3 Å². The molecule has 2 heterocycles. The molecule has 142 valence electrons. The number of amides is 1. The lowest BCUT2D eigenvalue weighted by Crippen LogP contribution is -2.55. The van der Waals surface area contributed by atoms with Gasteiger partial charge in [-0.1, -0.05) is 13.8 Å². The van der Waals surface area contributed by atoms with E-state index in [1.54, 1.807) is 11.0 Å². The van der Waals surface area contributed by atoms with Crippen LogP contribution in [0.5, 0.6) is 0 Å². The lowest BCUT2D eigenvalue weighted by atomic mass is 9.81. The first kappa shape index (κ1) is 20.4. The molecule has 1 aromatic heterocycles. The van der Waals surface area contributed by atoms with Crippen molar-refractivity contribution in [1.82, 2.24) is 9.21 Å². The maximum Gasteiger partial charge on any atom is 0.244 e. The van der Waals surface area contributed by atoms with E-state index in [9.17, 15) is 13.2 Å². The van der Waals surface area contributed by atoms with Gasteiger partial charge in [0.2, 0.25) is 15.9 Å². The molecular weight excluding hydrogens is 358 g/mol. The van der Waals surface area contributed by atoms with Gasteiger partial charge in [0.1, 0.15) is 0 Å².